The van der Waals surface area contributed by atoms with E-state index in [1.54, 1.807) is 13.3 Å². The molecule has 2 N–H and O–H groups in total. The standard InChI is InChI=1S/C12H17ClN2O/c1-16-9-4-5-12(7-9,8-14)11-10(13)3-2-6-15-11/h2-3,6,9H,4-5,7-8,14H2,1H3/t9-,12?/m1/s1. The number of halogens is 1. The Bertz CT molecular complexity index is 372. The summed E-state index contributed by atoms with van der Waals surface area (Å²) in [6.07, 6.45) is 5.00. The van der Waals surface area contributed by atoms with E-state index in [0.29, 0.717) is 11.6 Å². The molecular formula is C12H17ClN2O. The van der Waals surface area contributed by atoms with E-state index in [-0.39, 0.29) is 11.5 Å². The lowest BCUT2D eigenvalue weighted by Crippen LogP contribution is -2.34. The van der Waals surface area contributed by atoms with Crippen molar-refractivity contribution in [3.8, 4) is 0 Å². The molecule has 1 saturated carbocycles. The van der Waals surface area contributed by atoms with Gasteiger partial charge < -0.3 is 10.5 Å². The molecule has 1 aliphatic rings. The highest BCUT2D eigenvalue weighted by Gasteiger charge is 2.41. The molecule has 0 spiro atoms. The smallest absolute Gasteiger partial charge is 0.0664 e. The highest BCUT2D eigenvalue weighted by molar-refractivity contribution is 6.31. The number of nitrogens with two attached hydrogens (primary N) is 1. The summed E-state index contributed by atoms with van der Waals surface area (Å²) in [7, 11) is 1.75. The molecule has 1 aromatic rings. The minimum absolute atomic E-state index is 0.0982. The molecule has 0 aliphatic heterocycles. The van der Waals surface area contributed by atoms with Gasteiger partial charge in [0, 0.05) is 25.3 Å². The van der Waals surface area contributed by atoms with Crippen LogP contribution < -0.4 is 5.73 Å². The van der Waals surface area contributed by atoms with E-state index in [4.69, 9.17) is 22.1 Å². The fourth-order valence-electron chi connectivity index (χ4n) is 2.55. The SMILES string of the molecule is CO[C@@H]1CCC(CN)(c2ncccc2Cl)C1. The summed E-state index contributed by atoms with van der Waals surface area (Å²) < 4.78 is 5.40. The minimum Gasteiger partial charge on any atom is -0.381 e. The summed E-state index contributed by atoms with van der Waals surface area (Å²) in [6.45, 7) is 0.573. The monoisotopic (exact) mass is 240 g/mol. The van der Waals surface area contributed by atoms with E-state index in [1.165, 1.54) is 0 Å². The van der Waals surface area contributed by atoms with Crippen LogP contribution in [-0.4, -0.2) is 24.7 Å². The average molecular weight is 241 g/mol. The molecule has 16 heavy (non-hydrogen) atoms. The van der Waals surface area contributed by atoms with Crippen molar-refractivity contribution in [3.05, 3.63) is 29.0 Å². The van der Waals surface area contributed by atoms with E-state index < -0.39 is 0 Å². The van der Waals surface area contributed by atoms with Crippen LogP contribution >= 0.6 is 11.6 Å². The topological polar surface area (TPSA) is 48.1 Å². The van der Waals surface area contributed by atoms with Crippen molar-refractivity contribution in [2.45, 2.75) is 30.8 Å². The Hall–Kier alpha value is -0.640. The van der Waals surface area contributed by atoms with Crippen molar-refractivity contribution in [2.24, 2.45) is 5.73 Å². The van der Waals surface area contributed by atoms with Gasteiger partial charge in [0.1, 0.15) is 0 Å². The van der Waals surface area contributed by atoms with E-state index in [2.05, 4.69) is 4.98 Å². The van der Waals surface area contributed by atoms with Crippen LogP contribution in [0.4, 0.5) is 0 Å². The van der Waals surface area contributed by atoms with Crippen molar-refractivity contribution in [2.75, 3.05) is 13.7 Å². The summed E-state index contributed by atoms with van der Waals surface area (Å²) in [4.78, 5) is 4.40. The fraction of sp³-hybridized carbons (Fsp3) is 0.583. The lowest BCUT2D eigenvalue weighted by Gasteiger charge is -2.27. The molecule has 2 rings (SSSR count). The van der Waals surface area contributed by atoms with E-state index >= 15 is 0 Å². The van der Waals surface area contributed by atoms with Gasteiger partial charge in [0.05, 0.1) is 16.8 Å². The number of aromatic nitrogens is 1. The molecule has 1 aliphatic carbocycles. The molecule has 88 valence electrons. The summed E-state index contributed by atoms with van der Waals surface area (Å²) >= 11 is 6.20. The number of rotatable bonds is 3. The Morgan fingerprint density at radius 3 is 3.06 bits per heavy atom. The average Bonchev–Trinajstić information content (AvgIpc) is 2.74. The van der Waals surface area contributed by atoms with Crippen LogP contribution in [-0.2, 0) is 10.2 Å². The normalized spacial score (nSPS) is 29.6. The number of ether oxygens (including phenoxy) is 1. The highest BCUT2D eigenvalue weighted by atomic mass is 35.5. The fourth-order valence-corrected chi connectivity index (χ4v) is 2.87. The second kappa shape index (κ2) is 4.70. The van der Waals surface area contributed by atoms with Gasteiger partial charge in [0.2, 0.25) is 0 Å². The first-order valence-corrected chi connectivity index (χ1v) is 5.93. The first-order chi connectivity index (χ1) is 7.72. The Kier molecular flexibility index (Phi) is 3.47. The van der Waals surface area contributed by atoms with Gasteiger partial charge in [0.25, 0.3) is 0 Å². The third-order valence-electron chi connectivity index (χ3n) is 3.55. The zero-order valence-corrected chi connectivity index (χ0v) is 10.2. The van der Waals surface area contributed by atoms with E-state index in [0.717, 1.165) is 25.0 Å². The maximum atomic E-state index is 6.20. The molecule has 2 atom stereocenters. The number of hydrogen-bond acceptors (Lipinski definition) is 3. The summed E-state index contributed by atoms with van der Waals surface area (Å²) in [5.74, 6) is 0. The molecule has 0 aromatic carbocycles. The molecule has 0 bridgehead atoms. The Balaban J connectivity index is 2.33. The summed E-state index contributed by atoms with van der Waals surface area (Å²) in [6, 6.07) is 3.72. The van der Waals surface area contributed by atoms with Gasteiger partial charge in [-0.25, -0.2) is 0 Å². The Morgan fingerprint density at radius 2 is 2.50 bits per heavy atom. The molecule has 1 heterocycles. The predicted octanol–water partition coefficient (Wildman–Crippen LogP) is 2.13. The number of pyridine rings is 1. The second-order valence-electron chi connectivity index (χ2n) is 4.42. The summed E-state index contributed by atoms with van der Waals surface area (Å²) in [5.41, 5.74) is 6.76. The molecule has 0 amide bonds. The summed E-state index contributed by atoms with van der Waals surface area (Å²) in [5, 5.41) is 0.713. The molecule has 1 unspecified atom stereocenters. The maximum Gasteiger partial charge on any atom is 0.0664 e. The van der Waals surface area contributed by atoms with Crippen LogP contribution in [0, 0.1) is 0 Å². The largest absolute Gasteiger partial charge is 0.381 e. The molecule has 1 fully saturated rings. The molecule has 4 heteroatoms. The van der Waals surface area contributed by atoms with Crippen LogP contribution in [0.25, 0.3) is 0 Å². The van der Waals surface area contributed by atoms with Crippen molar-refractivity contribution >= 4 is 11.6 Å². The van der Waals surface area contributed by atoms with Crippen molar-refractivity contribution in [1.82, 2.24) is 4.98 Å². The van der Waals surface area contributed by atoms with Crippen LogP contribution in [0.15, 0.2) is 18.3 Å². The molecule has 0 saturated heterocycles. The van der Waals surface area contributed by atoms with Crippen molar-refractivity contribution in [3.63, 3.8) is 0 Å². The van der Waals surface area contributed by atoms with E-state index in [1.807, 2.05) is 12.1 Å². The Morgan fingerprint density at radius 1 is 1.69 bits per heavy atom. The zero-order valence-electron chi connectivity index (χ0n) is 9.45. The first-order valence-electron chi connectivity index (χ1n) is 5.56. The van der Waals surface area contributed by atoms with Gasteiger partial charge in [-0.3, -0.25) is 4.98 Å². The number of nitrogens with zero attached hydrogens (tertiary/aromatic N) is 1. The Labute approximate surface area is 101 Å². The van der Waals surface area contributed by atoms with Gasteiger partial charge in [0.15, 0.2) is 0 Å². The first kappa shape index (κ1) is 11.8. The second-order valence-corrected chi connectivity index (χ2v) is 4.83. The third-order valence-corrected chi connectivity index (χ3v) is 3.85. The lowest BCUT2D eigenvalue weighted by atomic mass is 9.82. The number of methoxy groups -OCH3 is 1. The van der Waals surface area contributed by atoms with Crippen LogP contribution in [0.3, 0.4) is 0 Å². The maximum absolute atomic E-state index is 6.20. The van der Waals surface area contributed by atoms with E-state index in [9.17, 15) is 0 Å². The minimum atomic E-state index is -0.0982. The highest BCUT2D eigenvalue weighted by Crippen LogP contribution is 2.42. The van der Waals surface area contributed by atoms with Crippen molar-refractivity contribution in [1.29, 1.82) is 0 Å². The van der Waals surface area contributed by atoms with Crippen LogP contribution in [0.2, 0.25) is 5.02 Å². The predicted molar refractivity (Wildman–Crippen MR) is 64.6 cm³/mol. The number of hydrogen-bond donors (Lipinski definition) is 1. The van der Waals surface area contributed by atoms with Crippen molar-refractivity contribution < 1.29 is 4.74 Å². The molecule has 1 aromatic heterocycles. The van der Waals surface area contributed by atoms with Gasteiger partial charge in [-0.1, -0.05) is 11.6 Å². The zero-order chi connectivity index (χ0) is 11.6. The molecular weight excluding hydrogens is 224 g/mol. The van der Waals surface area contributed by atoms with Gasteiger partial charge in [-0.05, 0) is 31.4 Å². The van der Waals surface area contributed by atoms with Gasteiger partial charge in [-0.2, -0.15) is 0 Å². The third kappa shape index (κ3) is 1.95. The quantitative estimate of drug-likeness (QED) is 0.881. The van der Waals surface area contributed by atoms with Crippen LogP contribution in [0.1, 0.15) is 25.0 Å². The lowest BCUT2D eigenvalue weighted by molar-refractivity contribution is 0.103. The van der Waals surface area contributed by atoms with Gasteiger partial charge in [-0.15, -0.1) is 0 Å². The van der Waals surface area contributed by atoms with Gasteiger partial charge >= 0.3 is 0 Å². The molecule has 3 nitrogen and oxygen atoms in total. The molecule has 0 radical (unpaired) electrons. The van der Waals surface area contributed by atoms with Crippen LogP contribution in [0.5, 0.6) is 0 Å².